The van der Waals surface area contributed by atoms with Crippen molar-refractivity contribution in [3.63, 3.8) is 0 Å². The molecule has 1 fully saturated rings. The molecule has 0 aliphatic carbocycles. The number of nitrogens with one attached hydrogen (secondary N) is 1. The van der Waals surface area contributed by atoms with Crippen molar-refractivity contribution in [2.45, 2.75) is 30.1 Å². The van der Waals surface area contributed by atoms with E-state index in [0.29, 0.717) is 37.3 Å². The molecular weight excluding hydrogens is 528 g/mol. The number of rotatable bonds is 7. The van der Waals surface area contributed by atoms with Crippen molar-refractivity contribution < 1.29 is 26.0 Å². The molecule has 0 spiro atoms. The van der Waals surface area contributed by atoms with Crippen LogP contribution in [0.4, 0.5) is 29.1 Å². The van der Waals surface area contributed by atoms with E-state index >= 15 is 0 Å². The number of halogens is 5. The van der Waals surface area contributed by atoms with E-state index in [4.69, 9.17) is 11.6 Å². The number of hydrogen-bond donors (Lipinski definition) is 1. The Labute approximate surface area is 209 Å². The lowest BCUT2D eigenvalue weighted by atomic mass is 10.1. The van der Waals surface area contributed by atoms with Gasteiger partial charge in [0.15, 0.2) is 5.82 Å². The van der Waals surface area contributed by atoms with Crippen LogP contribution in [0.2, 0.25) is 5.02 Å². The van der Waals surface area contributed by atoms with Crippen molar-refractivity contribution in [2.24, 2.45) is 0 Å². The standard InChI is InChI=1S/C22H21ClF4N4O2S2/c1-30(16-5-6-31(11-16)10-14-3-2-4-15(7-14)22(25,26)27)19-9-18(24)20(8-17(19)23)35(32,33)29-21-12-34-13-28-21/h2-4,7-9,12-13,16,29H,5-6,10-11H2,1H3. The predicted octanol–water partition coefficient (Wildman–Crippen LogP) is 5.47. The summed E-state index contributed by atoms with van der Waals surface area (Å²) in [6.07, 6.45) is -3.72. The van der Waals surface area contributed by atoms with Gasteiger partial charge in [0.25, 0.3) is 10.0 Å². The highest BCUT2D eigenvalue weighted by atomic mass is 35.5. The van der Waals surface area contributed by atoms with E-state index in [-0.39, 0.29) is 16.9 Å². The summed E-state index contributed by atoms with van der Waals surface area (Å²) in [6.45, 7) is 1.50. The first-order valence-corrected chi connectivity index (χ1v) is 13.3. The van der Waals surface area contributed by atoms with Crippen molar-refractivity contribution in [3.05, 3.63) is 69.3 Å². The van der Waals surface area contributed by atoms with Crippen molar-refractivity contribution in [1.29, 1.82) is 0 Å². The summed E-state index contributed by atoms with van der Waals surface area (Å²) in [4.78, 5) is 7.02. The van der Waals surface area contributed by atoms with E-state index in [2.05, 4.69) is 9.71 Å². The average Bonchev–Trinajstić information content (AvgIpc) is 3.46. The van der Waals surface area contributed by atoms with Crippen LogP contribution in [0.1, 0.15) is 17.5 Å². The van der Waals surface area contributed by atoms with Gasteiger partial charge in [-0.3, -0.25) is 9.62 Å². The lowest BCUT2D eigenvalue weighted by Gasteiger charge is -2.28. The maximum Gasteiger partial charge on any atom is 0.416 e. The average molecular weight is 549 g/mol. The van der Waals surface area contributed by atoms with Gasteiger partial charge >= 0.3 is 6.18 Å². The number of benzene rings is 2. The molecule has 188 valence electrons. The number of alkyl halides is 3. The molecule has 1 atom stereocenters. The van der Waals surface area contributed by atoms with E-state index in [0.717, 1.165) is 24.3 Å². The molecule has 13 heteroatoms. The van der Waals surface area contributed by atoms with Gasteiger partial charge in [0, 0.05) is 44.2 Å². The molecule has 2 aromatic carbocycles. The van der Waals surface area contributed by atoms with Crippen molar-refractivity contribution in [1.82, 2.24) is 9.88 Å². The van der Waals surface area contributed by atoms with Crippen molar-refractivity contribution in [3.8, 4) is 0 Å². The minimum Gasteiger partial charge on any atom is -0.369 e. The lowest BCUT2D eigenvalue weighted by Crippen LogP contribution is -2.34. The third-order valence-electron chi connectivity index (χ3n) is 5.80. The third kappa shape index (κ3) is 5.88. The van der Waals surface area contributed by atoms with Gasteiger partial charge in [-0.25, -0.2) is 17.8 Å². The zero-order valence-electron chi connectivity index (χ0n) is 18.4. The molecule has 0 radical (unpaired) electrons. The summed E-state index contributed by atoms with van der Waals surface area (Å²) in [6, 6.07) is 7.27. The van der Waals surface area contributed by atoms with Gasteiger partial charge in [0.2, 0.25) is 0 Å². The van der Waals surface area contributed by atoms with Crippen LogP contribution in [0, 0.1) is 5.82 Å². The van der Waals surface area contributed by atoms with Crippen LogP contribution in [-0.2, 0) is 22.7 Å². The number of hydrogen-bond acceptors (Lipinski definition) is 6. The van der Waals surface area contributed by atoms with Crippen LogP contribution in [-0.4, -0.2) is 44.5 Å². The SMILES string of the molecule is CN(c1cc(F)c(S(=O)(=O)Nc2cscn2)cc1Cl)C1CCN(Cc2cccc(C(F)(F)F)c2)C1. The first kappa shape index (κ1) is 25.7. The molecule has 3 aromatic rings. The Morgan fingerprint density at radius 2 is 2.06 bits per heavy atom. The lowest BCUT2D eigenvalue weighted by molar-refractivity contribution is -0.137. The molecule has 6 nitrogen and oxygen atoms in total. The molecule has 1 saturated heterocycles. The fourth-order valence-corrected chi connectivity index (χ4v) is 6.03. The maximum atomic E-state index is 14.9. The molecule has 1 aliphatic heterocycles. The zero-order chi connectivity index (χ0) is 25.4. The van der Waals surface area contributed by atoms with E-state index < -0.39 is 32.5 Å². The number of anilines is 2. The summed E-state index contributed by atoms with van der Waals surface area (Å²) in [5.41, 5.74) is 1.62. The second-order valence-corrected chi connectivity index (χ2v) is 11.0. The van der Waals surface area contributed by atoms with E-state index in [1.807, 2.05) is 4.90 Å². The van der Waals surface area contributed by atoms with Crippen LogP contribution in [0.5, 0.6) is 0 Å². The van der Waals surface area contributed by atoms with Crippen molar-refractivity contribution >= 4 is 44.5 Å². The maximum absolute atomic E-state index is 14.9. The highest BCUT2D eigenvalue weighted by Gasteiger charge is 2.32. The highest BCUT2D eigenvalue weighted by Crippen LogP contribution is 2.34. The quantitative estimate of drug-likeness (QED) is 0.397. The van der Waals surface area contributed by atoms with Crippen LogP contribution in [0.25, 0.3) is 0 Å². The van der Waals surface area contributed by atoms with E-state index in [1.54, 1.807) is 18.0 Å². The van der Waals surface area contributed by atoms with Gasteiger partial charge in [-0.2, -0.15) is 13.2 Å². The number of thiazole rings is 1. The Balaban J connectivity index is 1.46. The fourth-order valence-electron chi connectivity index (χ4n) is 4.02. The highest BCUT2D eigenvalue weighted by molar-refractivity contribution is 7.92. The molecule has 0 amide bonds. The van der Waals surface area contributed by atoms with Gasteiger partial charge in [0.1, 0.15) is 10.7 Å². The Bertz CT molecular complexity index is 1300. The predicted molar refractivity (Wildman–Crippen MR) is 128 cm³/mol. The Hall–Kier alpha value is -2.41. The summed E-state index contributed by atoms with van der Waals surface area (Å²) in [5.74, 6) is -0.878. The molecule has 1 aliphatic rings. The molecule has 1 unspecified atom stereocenters. The van der Waals surface area contributed by atoms with Crippen LogP contribution in [0.15, 0.2) is 52.2 Å². The largest absolute Gasteiger partial charge is 0.416 e. The summed E-state index contributed by atoms with van der Waals surface area (Å²) < 4.78 is 81.2. The summed E-state index contributed by atoms with van der Waals surface area (Å²) >= 11 is 7.54. The minimum atomic E-state index is -4.40. The minimum absolute atomic E-state index is 0.0591. The molecule has 1 N–H and O–H groups in total. The summed E-state index contributed by atoms with van der Waals surface area (Å²) in [5, 5.41) is 1.54. The normalized spacial score (nSPS) is 17.0. The number of likely N-dealkylation sites (N-methyl/N-ethyl adjacent to an activating group) is 1. The van der Waals surface area contributed by atoms with Crippen LogP contribution < -0.4 is 9.62 Å². The van der Waals surface area contributed by atoms with Crippen LogP contribution >= 0.6 is 22.9 Å². The smallest absolute Gasteiger partial charge is 0.369 e. The first-order valence-electron chi connectivity index (χ1n) is 10.5. The molecule has 35 heavy (non-hydrogen) atoms. The van der Waals surface area contributed by atoms with Crippen LogP contribution in [0.3, 0.4) is 0 Å². The molecule has 4 rings (SSSR count). The van der Waals surface area contributed by atoms with E-state index in [9.17, 15) is 26.0 Å². The number of likely N-dealkylation sites (tertiary alicyclic amines) is 1. The van der Waals surface area contributed by atoms with Gasteiger partial charge in [-0.15, -0.1) is 11.3 Å². The second-order valence-electron chi connectivity index (χ2n) is 8.20. The molecular formula is C22H21ClF4N4O2S2. The van der Waals surface area contributed by atoms with Gasteiger partial charge in [-0.05, 0) is 24.1 Å². The van der Waals surface area contributed by atoms with Gasteiger partial charge in [-0.1, -0.05) is 29.8 Å². The molecule has 2 heterocycles. The monoisotopic (exact) mass is 548 g/mol. The second kappa shape index (κ2) is 9.92. The van der Waals surface area contributed by atoms with Gasteiger partial charge < -0.3 is 4.90 Å². The first-order chi connectivity index (χ1) is 16.4. The van der Waals surface area contributed by atoms with Crippen molar-refractivity contribution in [2.75, 3.05) is 29.8 Å². The Morgan fingerprint density at radius 1 is 1.29 bits per heavy atom. The summed E-state index contributed by atoms with van der Waals surface area (Å²) in [7, 11) is -2.50. The topological polar surface area (TPSA) is 65.5 Å². The zero-order valence-corrected chi connectivity index (χ0v) is 20.8. The molecule has 0 saturated carbocycles. The number of sulfonamides is 1. The van der Waals surface area contributed by atoms with Gasteiger partial charge in [0.05, 0.1) is 21.8 Å². The fraction of sp³-hybridized carbons (Fsp3) is 0.318. The molecule has 0 bridgehead atoms. The van der Waals surface area contributed by atoms with E-state index in [1.165, 1.54) is 28.3 Å². The third-order valence-corrected chi connectivity index (χ3v) is 8.06. The Morgan fingerprint density at radius 3 is 2.74 bits per heavy atom. The number of nitrogens with zero attached hydrogens (tertiary/aromatic N) is 3. The molecule has 1 aromatic heterocycles. The Kier molecular flexibility index (Phi) is 7.28. The number of aromatic nitrogens is 1.